The molecular formula is C18H21Cl2N5O3. The number of rotatable bonds is 6. The Balaban J connectivity index is 2.14. The van der Waals surface area contributed by atoms with Crippen LogP contribution in [0.3, 0.4) is 0 Å². The van der Waals surface area contributed by atoms with Gasteiger partial charge >= 0.3 is 5.69 Å². The van der Waals surface area contributed by atoms with Gasteiger partial charge in [0.25, 0.3) is 5.56 Å². The third kappa shape index (κ3) is 3.55. The van der Waals surface area contributed by atoms with Crippen LogP contribution in [0.5, 0.6) is 0 Å². The van der Waals surface area contributed by atoms with Crippen LogP contribution in [-0.4, -0.2) is 36.4 Å². The third-order valence-corrected chi connectivity index (χ3v) is 5.47. The summed E-state index contributed by atoms with van der Waals surface area (Å²) >= 11 is 12.0. The van der Waals surface area contributed by atoms with Crippen LogP contribution in [0, 0.1) is 0 Å². The number of aryl methyl sites for hydroxylation is 2. The van der Waals surface area contributed by atoms with Crippen LogP contribution < -0.4 is 16.6 Å². The van der Waals surface area contributed by atoms with Gasteiger partial charge in [-0.15, -0.1) is 0 Å². The summed E-state index contributed by atoms with van der Waals surface area (Å²) in [5.74, 6) is 0.412. The molecule has 0 saturated carbocycles. The van der Waals surface area contributed by atoms with Gasteiger partial charge in [0.05, 0.1) is 29.2 Å². The summed E-state index contributed by atoms with van der Waals surface area (Å²) in [6.45, 7) is 1.91. The van der Waals surface area contributed by atoms with Gasteiger partial charge in [0.15, 0.2) is 11.2 Å². The molecule has 0 spiro atoms. The minimum atomic E-state index is -0.484. The largest absolute Gasteiger partial charge is 0.394 e. The molecule has 10 heteroatoms. The average molecular weight is 426 g/mol. The number of aliphatic hydroxyl groups excluding tert-OH is 1. The van der Waals surface area contributed by atoms with Crippen molar-refractivity contribution in [2.45, 2.75) is 25.9 Å². The van der Waals surface area contributed by atoms with E-state index in [1.54, 1.807) is 36.9 Å². The van der Waals surface area contributed by atoms with Crippen molar-refractivity contribution in [3.8, 4) is 0 Å². The van der Waals surface area contributed by atoms with Crippen molar-refractivity contribution >= 4 is 40.3 Å². The van der Waals surface area contributed by atoms with Crippen LogP contribution in [0.15, 0.2) is 27.8 Å². The van der Waals surface area contributed by atoms with Gasteiger partial charge in [0.1, 0.15) is 0 Å². The Morgan fingerprint density at radius 3 is 2.50 bits per heavy atom. The van der Waals surface area contributed by atoms with Crippen molar-refractivity contribution in [1.82, 2.24) is 18.7 Å². The maximum absolute atomic E-state index is 13.1. The first kappa shape index (κ1) is 20.4. The predicted octanol–water partition coefficient (Wildman–Crippen LogP) is 1.97. The zero-order valence-electron chi connectivity index (χ0n) is 15.7. The Bertz CT molecular complexity index is 1140. The average Bonchev–Trinajstić information content (AvgIpc) is 3.00. The minimum Gasteiger partial charge on any atom is -0.394 e. The van der Waals surface area contributed by atoms with Crippen molar-refractivity contribution in [3.05, 3.63) is 54.6 Å². The summed E-state index contributed by atoms with van der Waals surface area (Å²) in [7, 11) is 3.26. The lowest BCUT2D eigenvalue weighted by atomic mass is 10.2. The second kappa shape index (κ2) is 7.98. The second-order valence-corrected chi connectivity index (χ2v) is 7.39. The molecule has 0 aliphatic carbocycles. The fraction of sp³-hybridized carbons (Fsp3) is 0.389. The highest BCUT2D eigenvalue weighted by molar-refractivity contribution is 6.42. The molecule has 3 rings (SSSR count). The predicted molar refractivity (Wildman–Crippen MR) is 111 cm³/mol. The highest BCUT2D eigenvalue weighted by atomic mass is 35.5. The lowest BCUT2D eigenvalue weighted by molar-refractivity contribution is 0.271. The number of nitrogens with one attached hydrogen (secondary N) is 1. The highest BCUT2D eigenvalue weighted by Gasteiger charge is 2.20. The number of anilines is 1. The highest BCUT2D eigenvalue weighted by Crippen LogP contribution is 2.23. The van der Waals surface area contributed by atoms with Crippen LogP contribution in [0.25, 0.3) is 11.2 Å². The van der Waals surface area contributed by atoms with Crippen molar-refractivity contribution in [1.29, 1.82) is 0 Å². The van der Waals surface area contributed by atoms with E-state index >= 15 is 0 Å². The van der Waals surface area contributed by atoms with Crippen LogP contribution in [0.1, 0.15) is 18.9 Å². The first-order valence-corrected chi connectivity index (χ1v) is 9.51. The van der Waals surface area contributed by atoms with Crippen LogP contribution in [0.2, 0.25) is 10.0 Å². The number of nitrogens with zero attached hydrogens (tertiary/aromatic N) is 4. The zero-order valence-corrected chi connectivity index (χ0v) is 17.3. The van der Waals surface area contributed by atoms with E-state index in [9.17, 15) is 14.7 Å². The Morgan fingerprint density at radius 2 is 1.89 bits per heavy atom. The third-order valence-electron chi connectivity index (χ3n) is 4.73. The molecule has 0 saturated heterocycles. The fourth-order valence-corrected chi connectivity index (χ4v) is 3.31. The number of hydrogen-bond donors (Lipinski definition) is 2. The van der Waals surface area contributed by atoms with Gasteiger partial charge in [-0.2, -0.15) is 4.98 Å². The van der Waals surface area contributed by atoms with Crippen LogP contribution >= 0.6 is 23.2 Å². The molecule has 2 heterocycles. The Morgan fingerprint density at radius 1 is 1.18 bits per heavy atom. The minimum absolute atomic E-state index is 0.0561. The second-order valence-electron chi connectivity index (χ2n) is 6.58. The van der Waals surface area contributed by atoms with Gasteiger partial charge in [-0.25, -0.2) is 4.79 Å². The molecule has 0 radical (unpaired) electrons. The molecule has 0 bridgehead atoms. The standard InChI is InChI=1S/C18H21Cl2N5O3/c1-4-11(9-26)21-17-22-15-14(23(17)2)16(27)25(18(28)24(15)3)8-10-5-6-12(19)13(20)7-10/h5-7,11,26H,4,8-9H2,1-3H3,(H,21,22). The zero-order chi connectivity index (χ0) is 20.6. The smallest absolute Gasteiger partial charge is 0.332 e. The molecule has 2 aromatic heterocycles. The van der Waals surface area contributed by atoms with E-state index in [0.29, 0.717) is 28.0 Å². The van der Waals surface area contributed by atoms with Gasteiger partial charge < -0.3 is 15.0 Å². The van der Waals surface area contributed by atoms with E-state index < -0.39 is 11.2 Å². The van der Waals surface area contributed by atoms with E-state index in [0.717, 1.165) is 4.57 Å². The molecule has 28 heavy (non-hydrogen) atoms. The van der Waals surface area contributed by atoms with Gasteiger partial charge in [0, 0.05) is 14.1 Å². The number of fused-ring (bicyclic) bond motifs is 1. The van der Waals surface area contributed by atoms with Gasteiger partial charge in [0.2, 0.25) is 5.95 Å². The normalized spacial score (nSPS) is 12.5. The number of aliphatic hydroxyl groups is 1. The quantitative estimate of drug-likeness (QED) is 0.629. The maximum atomic E-state index is 13.1. The molecule has 1 unspecified atom stereocenters. The SMILES string of the molecule is CCC(CO)Nc1nc2c(c(=O)n(Cc3ccc(Cl)c(Cl)c3)c(=O)n2C)n1C. The van der Waals surface area contributed by atoms with Gasteiger partial charge in [-0.3, -0.25) is 13.9 Å². The van der Waals surface area contributed by atoms with Crippen molar-refractivity contribution in [2.75, 3.05) is 11.9 Å². The molecule has 1 atom stereocenters. The van der Waals surface area contributed by atoms with E-state index in [1.165, 1.54) is 4.57 Å². The maximum Gasteiger partial charge on any atom is 0.332 e. The molecular weight excluding hydrogens is 405 g/mol. The van der Waals surface area contributed by atoms with E-state index in [4.69, 9.17) is 23.2 Å². The van der Waals surface area contributed by atoms with E-state index in [-0.39, 0.29) is 30.4 Å². The Labute approximate surface area is 170 Å². The van der Waals surface area contributed by atoms with E-state index in [1.807, 2.05) is 6.92 Å². The van der Waals surface area contributed by atoms with E-state index in [2.05, 4.69) is 10.3 Å². The lowest BCUT2D eigenvalue weighted by Crippen LogP contribution is -2.39. The summed E-state index contributed by atoms with van der Waals surface area (Å²) in [4.78, 5) is 30.2. The number of aromatic nitrogens is 4. The molecule has 0 aliphatic heterocycles. The first-order chi connectivity index (χ1) is 13.3. The molecule has 0 fully saturated rings. The van der Waals surface area contributed by atoms with Crippen molar-refractivity contribution < 1.29 is 5.11 Å². The summed E-state index contributed by atoms with van der Waals surface area (Å²) in [6, 6.07) is 4.77. The van der Waals surface area contributed by atoms with Crippen molar-refractivity contribution in [3.63, 3.8) is 0 Å². The summed E-state index contributed by atoms with van der Waals surface area (Å²) in [5, 5.41) is 13.3. The lowest BCUT2D eigenvalue weighted by Gasteiger charge is -2.14. The number of halogens is 2. The molecule has 2 N–H and O–H groups in total. The molecule has 8 nitrogen and oxygen atoms in total. The monoisotopic (exact) mass is 425 g/mol. The summed E-state index contributed by atoms with van der Waals surface area (Å²) in [6.07, 6.45) is 0.681. The topological polar surface area (TPSA) is 94.1 Å². The number of imidazole rings is 1. The molecule has 3 aromatic rings. The first-order valence-electron chi connectivity index (χ1n) is 8.76. The number of hydrogen-bond acceptors (Lipinski definition) is 5. The van der Waals surface area contributed by atoms with Gasteiger partial charge in [-0.1, -0.05) is 36.2 Å². The Kier molecular flexibility index (Phi) is 5.83. The summed E-state index contributed by atoms with van der Waals surface area (Å²) < 4.78 is 4.07. The molecule has 0 amide bonds. The van der Waals surface area contributed by atoms with Crippen LogP contribution in [0.4, 0.5) is 5.95 Å². The Hall–Kier alpha value is -2.29. The van der Waals surface area contributed by atoms with Crippen LogP contribution in [-0.2, 0) is 20.6 Å². The molecule has 1 aromatic carbocycles. The molecule has 150 valence electrons. The van der Waals surface area contributed by atoms with Crippen molar-refractivity contribution in [2.24, 2.45) is 14.1 Å². The van der Waals surface area contributed by atoms with Gasteiger partial charge in [-0.05, 0) is 24.1 Å². The summed E-state index contributed by atoms with van der Waals surface area (Å²) in [5.41, 5.74) is 0.308. The number of benzene rings is 1. The fourth-order valence-electron chi connectivity index (χ4n) is 2.99. The molecule has 0 aliphatic rings.